The average molecular weight is 286 g/mol. The van der Waals surface area contributed by atoms with Crippen LogP contribution < -0.4 is 10.0 Å². The van der Waals surface area contributed by atoms with Gasteiger partial charge in [-0.15, -0.1) is 0 Å². The van der Waals surface area contributed by atoms with E-state index in [1.165, 1.54) is 0 Å². The van der Waals surface area contributed by atoms with Crippen molar-refractivity contribution in [3.8, 4) is 0 Å². The molecule has 0 saturated carbocycles. The molecule has 1 rings (SSSR count). The first kappa shape index (κ1) is 15.8. The molecule has 19 heavy (non-hydrogen) atoms. The first-order valence-corrected chi connectivity index (χ1v) is 7.98. The molecule has 108 valence electrons. The molecule has 0 spiro atoms. The summed E-state index contributed by atoms with van der Waals surface area (Å²) in [6.45, 7) is 4.86. The van der Waals surface area contributed by atoms with E-state index in [9.17, 15) is 8.42 Å². The van der Waals surface area contributed by atoms with Gasteiger partial charge in [-0.1, -0.05) is 0 Å². The first-order valence-electron chi connectivity index (χ1n) is 6.09. The fourth-order valence-corrected chi connectivity index (χ4v) is 2.04. The van der Waals surface area contributed by atoms with Crippen molar-refractivity contribution >= 4 is 21.4 Å². The second-order valence-corrected chi connectivity index (χ2v) is 6.84. The van der Waals surface area contributed by atoms with Crippen LogP contribution in [0.25, 0.3) is 0 Å². The minimum absolute atomic E-state index is 0.148. The van der Waals surface area contributed by atoms with E-state index < -0.39 is 10.0 Å². The molecule has 2 N–H and O–H groups in total. The Bertz CT molecular complexity index is 495. The predicted octanol–water partition coefficient (Wildman–Crippen LogP) is 2.29. The van der Waals surface area contributed by atoms with Gasteiger partial charge in [-0.25, -0.2) is 8.42 Å². The summed E-state index contributed by atoms with van der Waals surface area (Å²) in [7, 11) is -1.52. The molecule has 0 aliphatic heterocycles. The molecule has 0 saturated heterocycles. The Morgan fingerprint density at radius 3 is 2.16 bits per heavy atom. The molecule has 6 heteroatoms. The van der Waals surface area contributed by atoms with Gasteiger partial charge in [-0.05, 0) is 44.5 Å². The summed E-state index contributed by atoms with van der Waals surface area (Å²) in [5, 5.41) is 3.27. The zero-order chi connectivity index (χ0) is 14.5. The first-order chi connectivity index (χ1) is 8.72. The predicted molar refractivity (Wildman–Crippen MR) is 79.1 cm³/mol. The standard InChI is InChI=1S/C13H22N2O3S/c1-13(2,18-3)9-10-14-11-5-7-12(8-6-11)15-19(4,16)17/h5-8,14-15H,9-10H2,1-4H3. The number of ether oxygens (including phenoxy) is 1. The van der Waals surface area contributed by atoms with Crippen molar-refractivity contribution in [2.45, 2.75) is 25.9 Å². The summed E-state index contributed by atoms with van der Waals surface area (Å²) in [6, 6.07) is 7.14. The van der Waals surface area contributed by atoms with Gasteiger partial charge in [-0.3, -0.25) is 4.72 Å². The lowest BCUT2D eigenvalue weighted by Gasteiger charge is -2.23. The van der Waals surface area contributed by atoms with E-state index >= 15 is 0 Å². The van der Waals surface area contributed by atoms with Crippen LogP contribution in [0.4, 0.5) is 11.4 Å². The highest BCUT2D eigenvalue weighted by molar-refractivity contribution is 7.92. The molecule has 0 fully saturated rings. The third-order valence-electron chi connectivity index (χ3n) is 2.80. The van der Waals surface area contributed by atoms with E-state index in [2.05, 4.69) is 10.0 Å². The lowest BCUT2D eigenvalue weighted by Crippen LogP contribution is -2.25. The largest absolute Gasteiger partial charge is 0.385 e. The van der Waals surface area contributed by atoms with Crippen molar-refractivity contribution in [3.63, 3.8) is 0 Å². The quantitative estimate of drug-likeness (QED) is 0.807. The summed E-state index contributed by atoms with van der Waals surface area (Å²) in [5.74, 6) is 0. The van der Waals surface area contributed by atoms with Gasteiger partial charge >= 0.3 is 0 Å². The van der Waals surface area contributed by atoms with Crippen molar-refractivity contribution < 1.29 is 13.2 Å². The number of benzene rings is 1. The minimum atomic E-state index is -3.22. The molecule has 0 aliphatic carbocycles. The molecule has 0 aromatic heterocycles. The summed E-state index contributed by atoms with van der Waals surface area (Å²) in [5.41, 5.74) is 1.36. The second-order valence-electron chi connectivity index (χ2n) is 5.09. The van der Waals surface area contributed by atoms with Gasteiger partial charge in [0.2, 0.25) is 10.0 Å². The van der Waals surface area contributed by atoms with Gasteiger partial charge in [0, 0.05) is 25.0 Å². The van der Waals surface area contributed by atoms with Gasteiger partial charge in [0.1, 0.15) is 0 Å². The normalized spacial score (nSPS) is 12.2. The van der Waals surface area contributed by atoms with Crippen molar-refractivity contribution in [2.24, 2.45) is 0 Å². The molecule has 0 atom stereocenters. The number of hydrogen-bond donors (Lipinski definition) is 2. The maximum absolute atomic E-state index is 11.1. The second kappa shape index (κ2) is 6.25. The zero-order valence-corrected chi connectivity index (χ0v) is 12.7. The van der Waals surface area contributed by atoms with Crippen molar-refractivity contribution in [1.82, 2.24) is 0 Å². The van der Waals surface area contributed by atoms with E-state index in [4.69, 9.17) is 4.74 Å². The highest BCUT2D eigenvalue weighted by Crippen LogP contribution is 2.16. The van der Waals surface area contributed by atoms with E-state index in [0.29, 0.717) is 5.69 Å². The van der Waals surface area contributed by atoms with Crippen LogP contribution in [0.15, 0.2) is 24.3 Å². The fraction of sp³-hybridized carbons (Fsp3) is 0.538. The number of rotatable bonds is 7. The van der Waals surface area contributed by atoms with Crippen LogP contribution in [0, 0.1) is 0 Å². The van der Waals surface area contributed by atoms with Crippen LogP contribution in [0.1, 0.15) is 20.3 Å². The number of methoxy groups -OCH3 is 1. The lowest BCUT2D eigenvalue weighted by molar-refractivity contribution is 0.0185. The summed E-state index contributed by atoms with van der Waals surface area (Å²) >= 11 is 0. The van der Waals surface area contributed by atoms with Crippen molar-refractivity contribution in [2.75, 3.05) is 29.9 Å². The van der Waals surface area contributed by atoms with Crippen LogP contribution in [0.3, 0.4) is 0 Å². The molecule has 0 amide bonds. The van der Waals surface area contributed by atoms with Crippen LogP contribution in [0.5, 0.6) is 0 Å². The smallest absolute Gasteiger partial charge is 0.229 e. The fourth-order valence-electron chi connectivity index (χ4n) is 1.48. The molecule has 1 aromatic carbocycles. The monoisotopic (exact) mass is 286 g/mol. The molecule has 0 heterocycles. The number of nitrogens with one attached hydrogen (secondary N) is 2. The molecule has 1 aromatic rings. The van der Waals surface area contributed by atoms with E-state index in [0.717, 1.165) is 24.9 Å². The Kier molecular flexibility index (Phi) is 5.20. The lowest BCUT2D eigenvalue weighted by atomic mass is 10.1. The van der Waals surface area contributed by atoms with Gasteiger partial charge in [0.15, 0.2) is 0 Å². The van der Waals surface area contributed by atoms with Crippen LogP contribution in [0.2, 0.25) is 0 Å². The zero-order valence-electron chi connectivity index (χ0n) is 11.9. The summed E-state index contributed by atoms with van der Waals surface area (Å²) in [4.78, 5) is 0. The molecule has 0 unspecified atom stereocenters. The molecule has 0 aliphatic rings. The van der Waals surface area contributed by atoms with Gasteiger partial charge in [-0.2, -0.15) is 0 Å². The number of sulfonamides is 1. The Hall–Kier alpha value is -1.27. The third-order valence-corrected chi connectivity index (χ3v) is 3.40. The summed E-state index contributed by atoms with van der Waals surface area (Å²) in [6.07, 6.45) is 2.01. The molecule has 5 nitrogen and oxygen atoms in total. The van der Waals surface area contributed by atoms with Crippen molar-refractivity contribution in [1.29, 1.82) is 0 Å². The SMILES string of the molecule is COC(C)(C)CCNc1ccc(NS(C)(=O)=O)cc1. The molecule has 0 radical (unpaired) electrons. The molecular formula is C13H22N2O3S. The van der Waals surface area contributed by atoms with Gasteiger partial charge in [0.25, 0.3) is 0 Å². The van der Waals surface area contributed by atoms with Gasteiger partial charge in [0.05, 0.1) is 11.9 Å². The molecule has 0 bridgehead atoms. The highest BCUT2D eigenvalue weighted by atomic mass is 32.2. The van der Waals surface area contributed by atoms with Gasteiger partial charge < -0.3 is 10.1 Å². The minimum Gasteiger partial charge on any atom is -0.385 e. The Morgan fingerprint density at radius 2 is 1.68 bits per heavy atom. The van der Waals surface area contributed by atoms with E-state index in [1.54, 1.807) is 19.2 Å². The van der Waals surface area contributed by atoms with E-state index in [1.807, 2.05) is 26.0 Å². The van der Waals surface area contributed by atoms with Crippen molar-refractivity contribution in [3.05, 3.63) is 24.3 Å². The summed E-state index contributed by atoms with van der Waals surface area (Å²) < 4.78 is 29.9. The van der Waals surface area contributed by atoms with Crippen LogP contribution in [-0.2, 0) is 14.8 Å². The Balaban J connectivity index is 2.49. The third kappa shape index (κ3) is 6.45. The maximum Gasteiger partial charge on any atom is 0.229 e. The van der Waals surface area contributed by atoms with Crippen LogP contribution >= 0.6 is 0 Å². The molecular weight excluding hydrogens is 264 g/mol. The topological polar surface area (TPSA) is 67.4 Å². The number of anilines is 2. The maximum atomic E-state index is 11.1. The van der Waals surface area contributed by atoms with E-state index in [-0.39, 0.29) is 5.60 Å². The average Bonchev–Trinajstić information content (AvgIpc) is 2.29. The van der Waals surface area contributed by atoms with Crippen LogP contribution in [-0.4, -0.2) is 33.9 Å². The highest BCUT2D eigenvalue weighted by Gasteiger charge is 2.15. The Labute approximate surface area is 115 Å². The Morgan fingerprint density at radius 1 is 1.16 bits per heavy atom. The number of hydrogen-bond acceptors (Lipinski definition) is 4.